The zero-order valence-electron chi connectivity index (χ0n) is 19.4. The minimum absolute atomic E-state index is 0.236. The molecule has 2 saturated heterocycles. The molecule has 2 aromatic rings. The number of carbonyl (C=O) groups is 1. The van der Waals surface area contributed by atoms with Gasteiger partial charge < -0.3 is 16.4 Å². The summed E-state index contributed by atoms with van der Waals surface area (Å²) in [7, 11) is 0. The number of piperazine rings is 1. The molecule has 2 aliphatic rings. The minimum Gasteiger partial charge on any atom is -0.398 e. The largest absolute Gasteiger partial charge is 0.398 e. The van der Waals surface area contributed by atoms with E-state index in [0.717, 1.165) is 57.7 Å². The van der Waals surface area contributed by atoms with Crippen molar-refractivity contribution in [2.75, 3.05) is 43.4 Å². The lowest BCUT2D eigenvalue weighted by Gasteiger charge is -2.48. The van der Waals surface area contributed by atoms with Crippen LogP contribution in [0.3, 0.4) is 0 Å². The van der Waals surface area contributed by atoms with Gasteiger partial charge in [0.25, 0.3) is 5.91 Å². The van der Waals surface area contributed by atoms with Gasteiger partial charge in [-0.25, -0.2) is 4.39 Å². The monoisotopic (exact) mass is 507 g/mol. The van der Waals surface area contributed by atoms with Crippen LogP contribution in [0.2, 0.25) is 10.0 Å². The topological polar surface area (TPSA) is 78.8 Å². The van der Waals surface area contributed by atoms with Crippen molar-refractivity contribution in [1.29, 1.82) is 0 Å². The second-order valence-corrected chi connectivity index (χ2v) is 10.1. The number of primary amides is 1. The van der Waals surface area contributed by atoms with E-state index < -0.39 is 5.91 Å². The third-order valence-corrected chi connectivity index (χ3v) is 7.70. The van der Waals surface area contributed by atoms with Gasteiger partial charge in [-0.1, -0.05) is 36.2 Å². The first kappa shape index (κ1) is 25.0. The molecule has 0 aliphatic carbocycles. The van der Waals surface area contributed by atoms with Crippen molar-refractivity contribution in [2.45, 2.75) is 44.8 Å². The van der Waals surface area contributed by atoms with Crippen molar-refractivity contribution >= 4 is 40.5 Å². The minimum atomic E-state index is -0.577. The van der Waals surface area contributed by atoms with Crippen LogP contribution in [0.1, 0.15) is 42.1 Å². The van der Waals surface area contributed by atoms with Crippen LogP contribution in [-0.2, 0) is 6.54 Å². The average Bonchev–Trinajstić information content (AvgIpc) is 2.82. The number of nitrogens with zero attached hydrogens (tertiary/aromatic N) is 3. The molecule has 0 radical (unpaired) electrons. The van der Waals surface area contributed by atoms with E-state index in [9.17, 15) is 9.18 Å². The van der Waals surface area contributed by atoms with Crippen LogP contribution >= 0.6 is 23.2 Å². The number of hydrogen-bond donors (Lipinski definition) is 2. The molecular formula is C25H32Cl2FN5O. The van der Waals surface area contributed by atoms with Crippen molar-refractivity contribution in [1.82, 2.24) is 9.80 Å². The number of likely N-dealkylation sites (tertiary alicyclic amines) is 1. The van der Waals surface area contributed by atoms with Crippen LogP contribution < -0.4 is 16.4 Å². The van der Waals surface area contributed by atoms with E-state index in [2.05, 4.69) is 21.6 Å². The SMILES string of the molecule is CC[C@H]1CN(c2cc(N)c(C(N)=O)cc2Cl)CCN1C1CCN(Cc2ccc(Cl)cc2F)CC1. The fraction of sp³-hybridized carbons (Fsp3) is 0.480. The number of benzene rings is 2. The van der Waals surface area contributed by atoms with Crippen LogP contribution in [0.5, 0.6) is 0 Å². The molecule has 0 saturated carbocycles. The second-order valence-electron chi connectivity index (χ2n) is 9.24. The summed E-state index contributed by atoms with van der Waals surface area (Å²) in [6, 6.07) is 9.16. The van der Waals surface area contributed by atoms with Gasteiger partial charge in [-0.05, 0) is 56.6 Å². The molecule has 4 rings (SSSR count). The Morgan fingerprint density at radius 3 is 2.50 bits per heavy atom. The summed E-state index contributed by atoms with van der Waals surface area (Å²) >= 11 is 12.4. The number of carbonyl (C=O) groups excluding carboxylic acids is 1. The Labute approximate surface area is 210 Å². The summed E-state index contributed by atoms with van der Waals surface area (Å²) in [5.41, 5.74) is 13.6. The van der Waals surface area contributed by atoms with E-state index in [0.29, 0.717) is 39.9 Å². The van der Waals surface area contributed by atoms with E-state index in [1.807, 2.05) is 0 Å². The van der Waals surface area contributed by atoms with Gasteiger partial charge in [-0.2, -0.15) is 0 Å². The van der Waals surface area contributed by atoms with Gasteiger partial charge in [-0.3, -0.25) is 14.6 Å². The van der Waals surface area contributed by atoms with Crippen LogP contribution in [0, 0.1) is 5.82 Å². The molecule has 184 valence electrons. The molecule has 6 nitrogen and oxygen atoms in total. The zero-order chi connectivity index (χ0) is 24.4. The van der Waals surface area contributed by atoms with Gasteiger partial charge in [0.05, 0.1) is 16.3 Å². The molecule has 0 aromatic heterocycles. The predicted molar refractivity (Wildman–Crippen MR) is 137 cm³/mol. The highest BCUT2D eigenvalue weighted by molar-refractivity contribution is 6.34. The van der Waals surface area contributed by atoms with Gasteiger partial charge >= 0.3 is 0 Å². The highest BCUT2D eigenvalue weighted by atomic mass is 35.5. The van der Waals surface area contributed by atoms with Gasteiger partial charge in [0.15, 0.2) is 0 Å². The third kappa shape index (κ3) is 5.43. The summed E-state index contributed by atoms with van der Waals surface area (Å²) < 4.78 is 14.2. The summed E-state index contributed by atoms with van der Waals surface area (Å²) in [5.74, 6) is -0.813. The number of rotatable bonds is 6. The molecule has 34 heavy (non-hydrogen) atoms. The van der Waals surface area contributed by atoms with E-state index in [1.165, 1.54) is 6.07 Å². The normalized spacial score (nSPS) is 20.6. The summed E-state index contributed by atoms with van der Waals surface area (Å²) in [6.07, 6.45) is 3.15. The van der Waals surface area contributed by atoms with Crippen LogP contribution in [0.15, 0.2) is 30.3 Å². The number of amides is 1. The van der Waals surface area contributed by atoms with Crippen molar-refractivity contribution in [2.24, 2.45) is 5.73 Å². The fourth-order valence-electron chi connectivity index (χ4n) is 5.27. The van der Waals surface area contributed by atoms with Gasteiger partial charge in [0.2, 0.25) is 0 Å². The van der Waals surface area contributed by atoms with Crippen LogP contribution in [0.25, 0.3) is 0 Å². The fourth-order valence-corrected chi connectivity index (χ4v) is 5.71. The summed E-state index contributed by atoms with van der Waals surface area (Å²) in [5, 5.41) is 0.923. The molecule has 2 heterocycles. The lowest BCUT2D eigenvalue weighted by atomic mass is 9.97. The average molecular weight is 508 g/mol. The number of nitrogen functional groups attached to an aromatic ring is 1. The van der Waals surface area contributed by atoms with Gasteiger partial charge in [-0.15, -0.1) is 0 Å². The lowest BCUT2D eigenvalue weighted by molar-refractivity contribution is 0.0609. The predicted octanol–water partition coefficient (Wildman–Crippen LogP) is 4.38. The third-order valence-electron chi connectivity index (χ3n) is 7.16. The van der Waals surface area contributed by atoms with E-state index in [-0.39, 0.29) is 11.4 Å². The van der Waals surface area contributed by atoms with Crippen molar-refractivity contribution in [3.8, 4) is 0 Å². The Bertz CT molecular complexity index is 1040. The molecule has 0 spiro atoms. The van der Waals surface area contributed by atoms with Gasteiger partial charge in [0, 0.05) is 54.5 Å². The second kappa shape index (κ2) is 10.7. The quantitative estimate of drug-likeness (QED) is 0.567. The highest BCUT2D eigenvalue weighted by Crippen LogP contribution is 2.34. The van der Waals surface area contributed by atoms with Crippen LogP contribution in [0.4, 0.5) is 15.8 Å². The van der Waals surface area contributed by atoms with E-state index in [1.54, 1.807) is 24.3 Å². The molecule has 0 bridgehead atoms. The summed E-state index contributed by atoms with van der Waals surface area (Å²) in [4.78, 5) is 18.8. The molecule has 1 amide bonds. The maximum absolute atomic E-state index is 14.2. The van der Waals surface area contributed by atoms with E-state index in [4.69, 9.17) is 34.7 Å². The molecule has 2 aromatic carbocycles. The molecule has 9 heteroatoms. The Morgan fingerprint density at radius 1 is 1.12 bits per heavy atom. The molecule has 2 fully saturated rings. The Balaban J connectivity index is 1.37. The molecular weight excluding hydrogens is 476 g/mol. The van der Waals surface area contributed by atoms with Crippen LogP contribution in [-0.4, -0.2) is 60.5 Å². The molecule has 0 unspecified atom stereocenters. The first-order valence-electron chi connectivity index (χ1n) is 11.8. The highest BCUT2D eigenvalue weighted by Gasteiger charge is 2.34. The first-order valence-corrected chi connectivity index (χ1v) is 12.6. The molecule has 4 N–H and O–H groups in total. The first-order chi connectivity index (χ1) is 16.3. The number of hydrogen-bond acceptors (Lipinski definition) is 5. The standard InChI is InChI=1S/C25H32Cl2FN5O/c1-2-18-15-32(24-13-23(29)20(25(30)34)12-21(24)27)9-10-33(18)19-5-7-31(8-6-19)14-16-3-4-17(26)11-22(16)28/h3-4,11-13,18-19H,2,5-10,14-15,29H2,1H3,(H2,30,34)/t18-/m0/s1. The Morgan fingerprint density at radius 2 is 1.85 bits per heavy atom. The molecule has 1 atom stereocenters. The van der Waals surface area contributed by atoms with Gasteiger partial charge in [0.1, 0.15) is 5.82 Å². The van der Waals surface area contributed by atoms with E-state index >= 15 is 0 Å². The smallest absolute Gasteiger partial charge is 0.250 e. The summed E-state index contributed by atoms with van der Waals surface area (Å²) in [6.45, 7) is 7.33. The zero-order valence-corrected chi connectivity index (χ0v) is 21.0. The maximum atomic E-state index is 14.2. The lowest BCUT2D eigenvalue weighted by Crippen LogP contribution is -2.58. The number of piperidine rings is 1. The molecule has 2 aliphatic heterocycles. The number of halogens is 3. The van der Waals surface area contributed by atoms with Crippen molar-refractivity contribution in [3.05, 3.63) is 57.3 Å². The van der Waals surface area contributed by atoms with Crippen molar-refractivity contribution in [3.63, 3.8) is 0 Å². The number of nitrogens with two attached hydrogens (primary N) is 2. The van der Waals surface area contributed by atoms with Crippen molar-refractivity contribution < 1.29 is 9.18 Å². The maximum Gasteiger partial charge on any atom is 0.250 e. The Kier molecular flexibility index (Phi) is 7.87. The number of anilines is 2. The Hall–Kier alpha value is -2.06.